The zero-order valence-corrected chi connectivity index (χ0v) is 19.9. The van der Waals surface area contributed by atoms with Crippen molar-refractivity contribution in [3.63, 3.8) is 0 Å². The van der Waals surface area contributed by atoms with Gasteiger partial charge in [0.2, 0.25) is 5.91 Å². The van der Waals surface area contributed by atoms with Crippen molar-refractivity contribution in [1.82, 2.24) is 25.3 Å². The molecule has 3 aromatic heterocycles. The van der Waals surface area contributed by atoms with Crippen LogP contribution in [0.4, 0.5) is 0 Å². The van der Waals surface area contributed by atoms with Gasteiger partial charge in [0.05, 0.1) is 24.8 Å². The standard InChI is InChI=1S/C27H31N5O2/c1-17(2)11-23-22-8-6-9-25-26(22)19(15-32(25)16-21-12-18(3)34-31-21)13-24(30-23)27(33)29-14-20-7-4-5-10-28-20/h4-10,12,15,17,23-24,30H,11,13-14,16H2,1-3H3,(H,29,33). The highest BCUT2D eigenvalue weighted by atomic mass is 16.5. The van der Waals surface area contributed by atoms with Crippen LogP contribution >= 0.6 is 0 Å². The Bertz CT molecular complexity index is 1290. The molecule has 176 valence electrons. The highest BCUT2D eigenvalue weighted by Gasteiger charge is 2.31. The average molecular weight is 458 g/mol. The Hall–Kier alpha value is -3.45. The molecule has 1 aromatic carbocycles. The first-order chi connectivity index (χ1) is 16.5. The summed E-state index contributed by atoms with van der Waals surface area (Å²) in [5, 5.41) is 12.2. The second-order valence-electron chi connectivity index (χ2n) is 9.60. The third-order valence-electron chi connectivity index (χ3n) is 6.42. The molecule has 0 spiro atoms. The maximum Gasteiger partial charge on any atom is 0.237 e. The molecule has 4 heterocycles. The number of amides is 1. The van der Waals surface area contributed by atoms with E-state index in [2.05, 4.69) is 63.6 Å². The number of aryl methyl sites for hydroxylation is 1. The molecule has 2 N–H and O–H groups in total. The Morgan fingerprint density at radius 2 is 2.12 bits per heavy atom. The quantitative estimate of drug-likeness (QED) is 0.432. The fourth-order valence-corrected chi connectivity index (χ4v) is 4.96. The molecular formula is C27H31N5O2. The fourth-order valence-electron chi connectivity index (χ4n) is 4.96. The van der Waals surface area contributed by atoms with Gasteiger partial charge in [-0.2, -0.15) is 0 Å². The monoisotopic (exact) mass is 457 g/mol. The van der Waals surface area contributed by atoms with Crippen molar-refractivity contribution < 1.29 is 9.32 Å². The van der Waals surface area contributed by atoms with Crippen LogP contribution in [0.5, 0.6) is 0 Å². The van der Waals surface area contributed by atoms with Crippen LogP contribution < -0.4 is 10.6 Å². The highest BCUT2D eigenvalue weighted by molar-refractivity contribution is 5.90. The summed E-state index contributed by atoms with van der Waals surface area (Å²) < 4.78 is 7.51. The molecule has 4 aromatic rings. The second-order valence-corrected chi connectivity index (χ2v) is 9.60. The lowest BCUT2D eigenvalue weighted by Crippen LogP contribution is -2.46. The minimum absolute atomic E-state index is 0.000223. The number of aromatic nitrogens is 3. The predicted molar refractivity (Wildman–Crippen MR) is 131 cm³/mol. The molecule has 7 nitrogen and oxygen atoms in total. The zero-order valence-electron chi connectivity index (χ0n) is 19.9. The lowest BCUT2D eigenvalue weighted by atomic mass is 9.94. The maximum absolute atomic E-state index is 13.3. The molecule has 0 bridgehead atoms. The van der Waals surface area contributed by atoms with Crippen molar-refractivity contribution in [1.29, 1.82) is 0 Å². The lowest BCUT2D eigenvalue weighted by molar-refractivity contribution is -0.123. The van der Waals surface area contributed by atoms with Gasteiger partial charge < -0.3 is 14.4 Å². The van der Waals surface area contributed by atoms with E-state index in [1.165, 1.54) is 22.0 Å². The van der Waals surface area contributed by atoms with Crippen molar-refractivity contribution in [2.45, 2.75) is 58.8 Å². The predicted octanol–water partition coefficient (Wildman–Crippen LogP) is 4.30. The van der Waals surface area contributed by atoms with E-state index in [1.807, 2.05) is 31.2 Å². The van der Waals surface area contributed by atoms with Gasteiger partial charge in [0.25, 0.3) is 0 Å². The summed E-state index contributed by atoms with van der Waals surface area (Å²) in [6, 6.07) is 13.9. The van der Waals surface area contributed by atoms with Crippen LogP contribution in [0.3, 0.4) is 0 Å². The van der Waals surface area contributed by atoms with Crippen LogP contribution in [0.2, 0.25) is 0 Å². The Morgan fingerprint density at radius 3 is 2.85 bits per heavy atom. The number of nitrogens with one attached hydrogen (secondary N) is 2. The number of hydrogen-bond acceptors (Lipinski definition) is 5. The molecule has 34 heavy (non-hydrogen) atoms. The van der Waals surface area contributed by atoms with Gasteiger partial charge in [0, 0.05) is 35.4 Å². The molecule has 1 aliphatic heterocycles. The van der Waals surface area contributed by atoms with E-state index in [9.17, 15) is 4.79 Å². The molecule has 7 heteroatoms. The van der Waals surface area contributed by atoms with Gasteiger partial charge in [0.15, 0.2) is 0 Å². The Morgan fingerprint density at radius 1 is 1.24 bits per heavy atom. The first kappa shape index (κ1) is 22.3. The van der Waals surface area contributed by atoms with E-state index in [4.69, 9.17) is 4.52 Å². The SMILES string of the molecule is Cc1cc(Cn2cc3c4c(cccc42)C(CC(C)C)NC(C(=O)NCc2ccccn2)C3)no1. The first-order valence-electron chi connectivity index (χ1n) is 11.9. The molecule has 1 amide bonds. The molecule has 2 atom stereocenters. The van der Waals surface area contributed by atoms with Crippen LogP contribution in [-0.4, -0.2) is 26.7 Å². The normalized spacial score (nSPS) is 17.8. The van der Waals surface area contributed by atoms with Gasteiger partial charge in [0.1, 0.15) is 11.5 Å². The third kappa shape index (κ3) is 4.61. The number of pyridine rings is 1. The average Bonchev–Trinajstić information content (AvgIpc) is 3.35. The first-order valence-corrected chi connectivity index (χ1v) is 11.9. The van der Waals surface area contributed by atoms with Crippen LogP contribution in [-0.2, 0) is 24.3 Å². The Kier molecular flexibility index (Phi) is 6.20. The minimum Gasteiger partial charge on any atom is -0.361 e. The zero-order chi connectivity index (χ0) is 23.7. The number of hydrogen-bond donors (Lipinski definition) is 2. The molecule has 2 unspecified atom stereocenters. The van der Waals surface area contributed by atoms with Gasteiger partial charge in [-0.05, 0) is 55.0 Å². The topological polar surface area (TPSA) is 85.0 Å². The molecule has 0 saturated heterocycles. The van der Waals surface area contributed by atoms with Gasteiger partial charge in [-0.1, -0.05) is 37.2 Å². The van der Waals surface area contributed by atoms with Crippen LogP contribution in [0.25, 0.3) is 10.9 Å². The van der Waals surface area contributed by atoms with Crippen molar-refractivity contribution in [3.8, 4) is 0 Å². The number of carbonyl (C=O) groups is 1. The van der Waals surface area contributed by atoms with Crippen molar-refractivity contribution in [2.24, 2.45) is 5.92 Å². The van der Waals surface area contributed by atoms with Gasteiger partial charge in [-0.25, -0.2) is 0 Å². The molecule has 0 saturated carbocycles. The molecule has 0 fully saturated rings. The largest absolute Gasteiger partial charge is 0.361 e. The molecule has 0 aliphatic carbocycles. The summed E-state index contributed by atoms with van der Waals surface area (Å²) in [5.41, 5.74) is 5.35. The maximum atomic E-state index is 13.3. The summed E-state index contributed by atoms with van der Waals surface area (Å²) in [6.45, 7) is 7.41. The van der Waals surface area contributed by atoms with E-state index in [1.54, 1.807) is 6.20 Å². The summed E-state index contributed by atoms with van der Waals surface area (Å²) in [4.78, 5) is 17.6. The van der Waals surface area contributed by atoms with E-state index < -0.39 is 0 Å². The highest BCUT2D eigenvalue weighted by Crippen LogP contribution is 2.36. The van der Waals surface area contributed by atoms with Crippen LogP contribution in [0.15, 0.2) is 59.4 Å². The van der Waals surface area contributed by atoms with E-state index in [0.717, 1.165) is 23.6 Å². The molecular weight excluding hydrogens is 426 g/mol. The van der Waals surface area contributed by atoms with Gasteiger partial charge in [-0.3, -0.25) is 15.1 Å². The van der Waals surface area contributed by atoms with Crippen molar-refractivity contribution >= 4 is 16.8 Å². The number of benzene rings is 1. The summed E-state index contributed by atoms with van der Waals surface area (Å²) in [6.07, 6.45) is 5.50. The van der Waals surface area contributed by atoms with Crippen molar-refractivity contribution in [2.75, 3.05) is 0 Å². The summed E-state index contributed by atoms with van der Waals surface area (Å²) >= 11 is 0. The van der Waals surface area contributed by atoms with Crippen LogP contribution in [0.1, 0.15) is 54.6 Å². The van der Waals surface area contributed by atoms with E-state index in [-0.39, 0.29) is 18.0 Å². The summed E-state index contributed by atoms with van der Waals surface area (Å²) in [7, 11) is 0. The lowest BCUT2D eigenvalue weighted by Gasteiger charge is -2.25. The minimum atomic E-state index is -0.326. The second kappa shape index (κ2) is 9.43. The van der Waals surface area contributed by atoms with Gasteiger partial charge in [-0.15, -0.1) is 0 Å². The Balaban J connectivity index is 1.47. The van der Waals surface area contributed by atoms with Gasteiger partial charge >= 0.3 is 0 Å². The molecule has 5 rings (SSSR count). The third-order valence-corrected chi connectivity index (χ3v) is 6.42. The number of nitrogens with zero attached hydrogens (tertiary/aromatic N) is 3. The Labute approximate surface area is 199 Å². The molecule has 1 aliphatic rings. The number of carbonyl (C=O) groups excluding carboxylic acids is 1. The van der Waals surface area contributed by atoms with E-state index in [0.29, 0.717) is 25.4 Å². The summed E-state index contributed by atoms with van der Waals surface area (Å²) in [5.74, 6) is 1.30. The molecule has 0 radical (unpaired) electrons. The van der Waals surface area contributed by atoms with Crippen molar-refractivity contribution in [3.05, 3.63) is 83.1 Å². The van der Waals surface area contributed by atoms with E-state index >= 15 is 0 Å². The smallest absolute Gasteiger partial charge is 0.237 e. The fraction of sp³-hybridized carbons (Fsp3) is 0.370. The number of rotatable bonds is 7. The van der Waals surface area contributed by atoms with Crippen LogP contribution in [0, 0.1) is 12.8 Å².